The number of hydrogen-bond acceptors (Lipinski definition) is 3. The van der Waals surface area contributed by atoms with E-state index in [0.717, 1.165) is 11.6 Å². The Bertz CT molecular complexity index is 675. The molecule has 0 spiro atoms. The van der Waals surface area contributed by atoms with Gasteiger partial charge >= 0.3 is 0 Å². The van der Waals surface area contributed by atoms with E-state index in [2.05, 4.69) is 4.98 Å². The van der Waals surface area contributed by atoms with Crippen LogP contribution >= 0.6 is 0 Å². The van der Waals surface area contributed by atoms with E-state index in [1.54, 1.807) is 12.1 Å². The molecule has 1 aromatic carbocycles. The fraction of sp³-hybridized carbons (Fsp3) is 0.312. The Morgan fingerprint density at radius 3 is 2.86 bits per heavy atom. The molecule has 1 unspecified atom stereocenters. The zero-order chi connectivity index (χ0) is 15.0. The first-order chi connectivity index (χ1) is 10.1. The summed E-state index contributed by atoms with van der Waals surface area (Å²) >= 11 is 0. The summed E-state index contributed by atoms with van der Waals surface area (Å²) in [6, 6.07) is 5.96. The lowest BCUT2D eigenvalue weighted by Gasteiger charge is -2.16. The average Bonchev–Trinajstić information content (AvgIpc) is 2.61. The number of rotatable bonds is 1. The minimum Gasteiger partial charge on any atom is -0.397 e. The van der Waals surface area contributed by atoms with E-state index >= 15 is 0 Å². The molecule has 0 aliphatic heterocycles. The number of aliphatic hydroxyl groups excluding tert-OH is 1. The number of anilines is 1. The van der Waals surface area contributed by atoms with Crippen LogP contribution in [0.25, 0.3) is 0 Å². The molecule has 1 heterocycles. The quantitative estimate of drug-likeness (QED) is 0.793. The molecule has 3 rings (SSSR count). The Balaban J connectivity index is 2.01. The van der Waals surface area contributed by atoms with Gasteiger partial charge in [-0.1, -0.05) is 12.1 Å². The number of halogens is 2. The first-order valence-corrected chi connectivity index (χ1v) is 6.92. The Hall–Kier alpha value is -2.01. The lowest BCUT2D eigenvalue weighted by Crippen LogP contribution is -2.06. The van der Waals surface area contributed by atoms with E-state index in [1.165, 1.54) is 12.3 Å². The number of aliphatic hydroxyl groups is 1. The third-order valence-corrected chi connectivity index (χ3v) is 4.01. The highest BCUT2D eigenvalue weighted by Crippen LogP contribution is 2.37. The van der Waals surface area contributed by atoms with Gasteiger partial charge in [-0.15, -0.1) is 0 Å². The number of aromatic nitrogens is 1. The van der Waals surface area contributed by atoms with Crippen LogP contribution in [0.4, 0.5) is 14.5 Å². The summed E-state index contributed by atoms with van der Waals surface area (Å²) in [4.78, 5) is 4.19. The molecule has 21 heavy (non-hydrogen) atoms. The lowest BCUT2D eigenvalue weighted by atomic mass is 9.89. The van der Waals surface area contributed by atoms with Gasteiger partial charge in [0.15, 0.2) is 11.6 Å². The van der Waals surface area contributed by atoms with Crippen molar-refractivity contribution in [1.82, 2.24) is 4.98 Å². The van der Waals surface area contributed by atoms with Crippen molar-refractivity contribution in [2.24, 2.45) is 0 Å². The molecule has 3 nitrogen and oxygen atoms in total. The van der Waals surface area contributed by atoms with Gasteiger partial charge < -0.3 is 10.8 Å². The SMILES string of the molecule is Nc1cnc2c(c1)C[C@H](c1cccc(F)c1F)CCC2O. The fourth-order valence-electron chi connectivity index (χ4n) is 2.97. The van der Waals surface area contributed by atoms with Gasteiger partial charge in [0.1, 0.15) is 0 Å². The molecule has 0 saturated heterocycles. The van der Waals surface area contributed by atoms with E-state index in [4.69, 9.17) is 5.73 Å². The second-order valence-electron chi connectivity index (χ2n) is 5.45. The van der Waals surface area contributed by atoms with Gasteiger partial charge in [-0.3, -0.25) is 4.98 Å². The largest absolute Gasteiger partial charge is 0.397 e. The second kappa shape index (κ2) is 5.41. The molecule has 1 aliphatic carbocycles. The molecule has 110 valence electrons. The van der Waals surface area contributed by atoms with Gasteiger partial charge in [0.25, 0.3) is 0 Å². The van der Waals surface area contributed by atoms with Crippen LogP contribution in [-0.4, -0.2) is 10.1 Å². The summed E-state index contributed by atoms with van der Waals surface area (Å²) < 4.78 is 27.4. The van der Waals surface area contributed by atoms with E-state index in [0.29, 0.717) is 36.2 Å². The van der Waals surface area contributed by atoms with Crippen molar-refractivity contribution in [2.75, 3.05) is 5.73 Å². The van der Waals surface area contributed by atoms with Crippen molar-refractivity contribution in [3.8, 4) is 0 Å². The molecule has 0 bridgehead atoms. The fourth-order valence-corrected chi connectivity index (χ4v) is 2.97. The van der Waals surface area contributed by atoms with Crippen molar-refractivity contribution < 1.29 is 13.9 Å². The minimum atomic E-state index is -0.844. The normalized spacial score (nSPS) is 21.7. The number of benzene rings is 1. The average molecular weight is 290 g/mol. The lowest BCUT2D eigenvalue weighted by molar-refractivity contribution is 0.160. The van der Waals surface area contributed by atoms with E-state index in [9.17, 15) is 13.9 Å². The molecule has 0 amide bonds. The van der Waals surface area contributed by atoms with Crippen molar-refractivity contribution in [3.63, 3.8) is 0 Å². The predicted octanol–water partition coefficient (Wildman–Crippen LogP) is 3.10. The number of nitrogens with two attached hydrogens (primary N) is 1. The highest BCUT2D eigenvalue weighted by atomic mass is 19.2. The molecular formula is C16H16F2N2O. The van der Waals surface area contributed by atoms with Crippen molar-refractivity contribution in [2.45, 2.75) is 31.3 Å². The minimum absolute atomic E-state index is 0.194. The van der Waals surface area contributed by atoms with Crippen LogP contribution in [0.1, 0.15) is 41.7 Å². The third-order valence-electron chi connectivity index (χ3n) is 4.01. The number of pyridine rings is 1. The van der Waals surface area contributed by atoms with Crippen LogP contribution in [0.2, 0.25) is 0 Å². The first-order valence-electron chi connectivity index (χ1n) is 6.92. The van der Waals surface area contributed by atoms with E-state index < -0.39 is 17.7 Å². The number of fused-ring (bicyclic) bond motifs is 1. The molecule has 5 heteroatoms. The Morgan fingerprint density at radius 1 is 1.24 bits per heavy atom. The molecule has 1 aromatic heterocycles. The highest BCUT2D eigenvalue weighted by molar-refractivity contribution is 5.42. The number of hydrogen-bond donors (Lipinski definition) is 2. The van der Waals surface area contributed by atoms with Crippen LogP contribution in [0.5, 0.6) is 0 Å². The van der Waals surface area contributed by atoms with Crippen LogP contribution in [-0.2, 0) is 6.42 Å². The molecule has 0 fully saturated rings. The zero-order valence-electron chi connectivity index (χ0n) is 11.4. The van der Waals surface area contributed by atoms with E-state index in [-0.39, 0.29) is 5.92 Å². The van der Waals surface area contributed by atoms with Gasteiger partial charge in [-0.25, -0.2) is 8.78 Å². The van der Waals surface area contributed by atoms with Crippen molar-refractivity contribution in [3.05, 3.63) is 58.9 Å². The Kier molecular flexibility index (Phi) is 3.59. The van der Waals surface area contributed by atoms with Crippen LogP contribution < -0.4 is 5.73 Å². The molecular weight excluding hydrogens is 274 g/mol. The summed E-state index contributed by atoms with van der Waals surface area (Å²) in [7, 11) is 0. The number of nitrogens with zero attached hydrogens (tertiary/aromatic N) is 1. The molecule has 0 saturated carbocycles. The van der Waals surface area contributed by atoms with E-state index in [1.807, 2.05) is 0 Å². The van der Waals surface area contributed by atoms with Gasteiger partial charge in [0.2, 0.25) is 0 Å². The predicted molar refractivity (Wildman–Crippen MR) is 75.6 cm³/mol. The van der Waals surface area contributed by atoms with Gasteiger partial charge in [0.05, 0.1) is 23.7 Å². The summed E-state index contributed by atoms with van der Waals surface area (Å²) in [5.41, 5.74) is 7.97. The number of nitrogen functional groups attached to an aromatic ring is 1. The topological polar surface area (TPSA) is 59.1 Å². The maximum atomic E-state index is 14.0. The van der Waals surface area contributed by atoms with Crippen LogP contribution in [0, 0.1) is 11.6 Å². The summed E-state index contributed by atoms with van der Waals surface area (Å²) in [5, 5.41) is 10.1. The Morgan fingerprint density at radius 2 is 2.05 bits per heavy atom. The van der Waals surface area contributed by atoms with Gasteiger partial charge in [-0.2, -0.15) is 0 Å². The molecule has 3 N–H and O–H groups in total. The smallest absolute Gasteiger partial charge is 0.162 e. The summed E-state index contributed by atoms with van der Waals surface area (Å²) in [6.45, 7) is 0. The third kappa shape index (κ3) is 2.61. The zero-order valence-corrected chi connectivity index (χ0v) is 11.4. The van der Waals surface area contributed by atoms with Crippen LogP contribution in [0.3, 0.4) is 0 Å². The second-order valence-corrected chi connectivity index (χ2v) is 5.45. The van der Waals surface area contributed by atoms with Crippen molar-refractivity contribution in [1.29, 1.82) is 0 Å². The Labute approximate surface area is 121 Å². The summed E-state index contributed by atoms with van der Waals surface area (Å²) in [5.74, 6) is -1.85. The highest BCUT2D eigenvalue weighted by Gasteiger charge is 2.27. The first kappa shape index (κ1) is 13.9. The molecule has 1 aliphatic rings. The van der Waals surface area contributed by atoms with Crippen LogP contribution in [0.15, 0.2) is 30.5 Å². The van der Waals surface area contributed by atoms with Crippen molar-refractivity contribution >= 4 is 5.69 Å². The maximum absolute atomic E-state index is 14.0. The molecule has 0 radical (unpaired) electrons. The molecule has 2 aromatic rings. The van der Waals surface area contributed by atoms with Gasteiger partial charge in [-0.05, 0) is 48.4 Å². The maximum Gasteiger partial charge on any atom is 0.162 e. The monoisotopic (exact) mass is 290 g/mol. The summed E-state index contributed by atoms with van der Waals surface area (Å²) in [6.07, 6.45) is 2.33. The molecule has 2 atom stereocenters. The van der Waals surface area contributed by atoms with Gasteiger partial charge in [0, 0.05) is 0 Å². The standard InChI is InChI=1S/C16H16F2N2O/c17-13-3-1-2-12(15(13)18)9-4-5-14(21)16-10(6-9)7-11(19)8-20-16/h1-3,7-9,14,21H,4-6,19H2/t9-,14?/m1/s1.